The lowest BCUT2D eigenvalue weighted by atomic mass is 10.2. The largest absolute Gasteiger partial charge is 0.451 e. The number of nitrogens with zero attached hydrogens (tertiary/aromatic N) is 2. The maximum Gasteiger partial charge on any atom is 0.246 e. The summed E-state index contributed by atoms with van der Waals surface area (Å²) in [6, 6.07) is 7.61. The van der Waals surface area contributed by atoms with E-state index >= 15 is 0 Å². The first-order valence-corrected chi connectivity index (χ1v) is 7.30. The van der Waals surface area contributed by atoms with E-state index < -0.39 is 0 Å². The van der Waals surface area contributed by atoms with Crippen LogP contribution < -0.4 is 0 Å². The van der Waals surface area contributed by atoms with Crippen LogP contribution in [0.2, 0.25) is 0 Å². The van der Waals surface area contributed by atoms with Crippen molar-refractivity contribution >= 4 is 34.6 Å². The van der Waals surface area contributed by atoms with Gasteiger partial charge >= 0.3 is 0 Å². The highest BCUT2D eigenvalue weighted by Gasteiger charge is 2.05. The lowest BCUT2D eigenvalue weighted by Crippen LogP contribution is -2.27. The number of hydrogen-bond acceptors (Lipinski definition) is 3. The molecule has 2 rings (SSSR count). The Kier molecular flexibility index (Phi) is 5.34. The Morgan fingerprint density at radius 2 is 2.10 bits per heavy atom. The maximum atomic E-state index is 11.9. The van der Waals surface area contributed by atoms with Crippen LogP contribution in [-0.4, -0.2) is 29.4 Å². The van der Waals surface area contributed by atoms with Crippen molar-refractivity contribution in [1.29, 1.82) is 0 Å². The second-order valence-electron chi connectivity index (χ2n) is 4.34. The zero-order valence-corrected chi connectivity index (χ0v) is 13.3. The molecule has 0 aliphatic heterocycles. The topological polar surface area (TPSA) is 46.3 Å². The lowest BCUT2D eigenvalue weighted by molar-refractivity contribution is -0.124. The van der Waals surface area contributed by atoms with E-state index in [1.165, 1.54) is 11.6 Å². The van der Waals surface area contributed by atoms with E-state index in [1.807, 2.05) is 24.3 Å². The minimum absolute atomic E-state index is 0.0366. The molecule has 1 amide bonds. The number of carbonyl (C=O) groups is 1. The number of halogens is 1. The number of aromatic nitrogens is 1. The second-order valence-corrected chi connectivity index (χ2v) is 5.40. The molecular weight excluding hydrogens is 367 g/mol. The first kappa shape index (κ1) is 14.8. The number of rotatable bonds is 5. The minimum atomic E-state index is -0.0366. The van der Waals surface area contributed by atoms with Crippen LogP contribution >= 0.6 is 22.6 Å². The normalized spacial score (nSPS) is 10.9. The third-order valence-corrected chi connectivity index (χ3v) is 3.43. The Labute approximate surface area is 131 Å². The van der Waals surface area contributed by atoms with Crippen molar-refractivity contribution in [2.24, 2.45) is 0 Å². The lowest BCUT2D eigenvalue weighted by Gasteiger charge is -2.14. The number of carbonyl (C=O) groups excluding carboxylic acids is 1. The Morgan fingerprint density at radius 1 is 1.35 bits per heavy atom. The van der Waals surface area contributed by atoms with Crippen molar-refractivity contribution in [3.63, 3.8) is 0 Å². The zero-order chi connectivity index (χ0) is 14.4. The SMILES string of the molecule is CN(CCc1ccncc1)C(=O)C=Cc1ccc(I)o1. The van der Waals surface area contributed by atoms with Gasteiger partial charge in [-0.25, -0.2) is 0 Å². The van der Waals surface area contributed by atoms with E-state index in [2.05, 4.69) is 27.6 Å². The summed E-state index contributed by atoms with van der Waals surface area (Å²) < 4.78 is 6.17. The first-order chi connectivity index (χ1) is 9.65. The molecule has 5 heteroatoms. The molecule has 2 aromatic rings. The Bertz CT molecular complexity index is 593. The Balaban J connectivity index is 1.84. The predicted octanol–water partition coefficient (Wildman–Crippen LogP) is 2.99. The summed E-state index contributed by atoms with van der Waals surface area (Å²) in [5.74, 6) is 0.649. The Hall–Kier alpha value is -1.63. The molecule has 0 atom stereocenters. The number of pyridine rings is 1. The van der Waals surface area contributed by atoms with Gasteiger partial charge in [0.15, 0.2) is 3.77 Å². The van der Waals surface area contributed by atoms with Crippen molar-refractivity contribution in [1.82, 2.24) is 9.88 Å². The molecule has 104 valence electrons. The van der Waals surface area contributed by atoms with Crippen LogP contribution in [0.1, 0.15) is 11.3 Å². The van der Waals surface area contributed by atoms with Gasteiger partial charge in [-0.3, -0.25) is 9.78 Å². The van der Waals surface area contributed by atoms with Gasteiger partial charge in [-0.2, -0.15) is 0 Å². The molecule has 20 heavy (non-hydrogen) atoms. The summed E-state index contributed by atoms with van der Waals surface area (Å²) in [6.45, 7) is 0.670. The van der Waals surface area contributed by atoms with Crippen molar-refractivity contribution in [2.45, 2.75) is 6.42 Å². The van der Waals surface area contributed by atoms with Crippen LogP contribution in [-0.2, 0) is 11.2 Å². The van der Waals surface area contributed by atoms with Gasteiger partial charge in [0, 0.05) is 32.1 Å². The van der Waals surface area contributed by atoms with Crippen molar-refractivity contribution < 1.29 is 9.21 Å². The standard InChI is InChI=1S/C15H15IN2O2/c1-18(11-8-12-6-9-17-10-7-12)15(19)5-3-13-2-4-14(16)20-13/h2-7,9-10H,8,11H2,1H3. The fourth-order valence-corrected chi connectivity index (χ4v) is 2.09. The van der Waals surface area contributed by atoms with Gasteiger partial charge in [-0.05, 0) is 64.9 Å². The average molecular weight is 382 g/mol. The number of furan rings is 1. The van der Waals surface area contributed by atoms with E-state index in [-0.39, 0.29) is 5.91 Å². The zero-order valence-electron chi connectivity index (χ0n) is 11.1. The van der Waals surface area contributed by atoms with E-state index in [9.17, 15) is 4.79 Å². The highest BCUT2D eigenvalue weighted by Crippen LogP contribution is 2.11. The highest BCUT2D eigenvalue weighted by atomic mass is 127. The molecule has 0 radical (unpaired) electrons. The number of hydrogen-bond donors (Lipinski definition) is 0. The van der Waals surface area contributed by atoms with Crippen molar-refractivity contribution in [3.8, 4) is 0 Å². The van der Waals surface area contributed by atoms with Crippen LogP contribution in [0.25, 0.3) is 6.08 Å². The molecule has 2 aromatic heterocycles. The van der Waals surface area contributed by atoms with Gasteiger partial charge in [-0.15, -0.1) is 0 Å². The molecule has 0 saturated carbocycles. The summed E-state index contributed by atoms with van der Waals surface area (Å²) in [7, 11) is 1.79. The van der Waals surface area contributed by atoms with Gasteiger partial charge in [-0.1, -0.05) is 0 Å². The average Bonchev–Trinajstić information content (AvgIpc) is 2.89. The third kappa shape index (κ3) is 4.48. The molecule has 0 fully saturated rings. The molecule has 2 heterocycles. The van der Waals surface area contributed by atoms with Gasteiger partial charge in [0.25, 0.3) is 0 Å². The molecule has 0 aromatic carbocycles. The summed E-state index contributed by atoms with van der Waals surface area (Å²) in [6.07, 6.45) is 7.55. The molecule has 4 nitrogen and oxygen atoms in total. The van der Waals surface area contributed by atoms with Crippen LogP contribution in [0.4, 0.5) is 0 Å². The van der Waals surface area contributed by atoms with Gasteiger partial charge in [0.1, 0.15) is 5.76 Å². The summed E-state index contributed by atoms with van der Waals surface area (Å²) in [5, 5.41) is 0. The fraction of sp³-hybridized carbons (Fsp3) is 0.200. The molecule has 0 N–H and O–H groups in total. The van der Waals surface area contributed by atoms with Gasteiger partial charge in [0.05, 0.1) is 0 Å². The van der Waals surface area contributed by atoms with Crippen LogP contribution in [0, 0.1) is 3.77 Å². The molecule has 0 bridgehead atoms. The number of likely N-dealkylation sites (N-methyl/N-ethyl adjacent to an activating group) is 1. The van der Waals surface area contributed by atoms with Crippen LogP contribution in [0.5, 0.6) is 0 Å². The summed E-state index contributed by atoms with van der Waals surface area (Å²) >= 11 is 2.09. The summed E-state index contributed by atoms with van der Waals surface area (Å²) in [4.78, 5) is 17.6. The monoisotopic (exact) mass is 382 g/mol. The van der Waals surface area contributed by atoms with Crippen molar-refractivity contribution in [2.75, 3.05) is 13.6 Å². The molecule has 0 aliphatic carbocycles. The fourth-order valence-electron chi connectivity index (χ4n) is 1.65. The van der Waals surface area contributed by atoms with Crippen molar-refractivity contribution in [3.05, 3.63) is 57.8 Å². The summed E-state index contributed by atoms with van der Waals surface area (Å²) in [5.41, 5.74) is 1.17. The minimum Gasteiger partial charge on any atom is -0.451 e. The molecule has 0 aliphatic rings. The first-order valence-electron chi connectivity index (χ1n) is 6.22. The van der Waals surface area contributed by atoms with E-state index in [0.29, 0.717) is 12.3 Å². The smallest absolute Gasteiger partial charge is 0.246 e. The second kappa shape index (κ2) is 7.23. The maximum absolute atomic E-state index is 11.9. The van der Waals surface area contributed by atoms with Gasteiger partial charge < -0.3 is 9.32 Å². The predicted molar refractivity (Wildman–Crippen MR) is 86.0 cm³/mol. The third-order valence-electron chi connectivity index (χ3n) is 2.85. The van der Waals surface area contributed by atoms with E-state index in [1.54, 1.807) is 30.4 Å². The van der Waals surface area contributed by atoms with Crippen LogP contribution in [0.15, 0.2) is 47.2 Å². The molecule has 0 saturated heterocycles. The quantitative estimate of drug-likeness (QED) is 0.590. The number of amides is 1. The highest BCUT2D eigenvalue weighted by molar-refractivity contribution is 14.1. The molecule has 0 spiro atoms. The molecule has 0 unspecified atom stereocenters. The van der Waals surface area contributed by atoms with E-state index in [0.717, 1.165) is 10.2 Å². The van der Waals surface area contributed by atoms with Crippen LogP contribution in [0.3, 0.4) is 0 Å². The van der Waals surface area contributed by atoms with E-state index in [4.69, 9.17) is 4.42 Å². The Morgan fingerprint density at radius 3 is 2.75 bits per heavy atom. The van der Waals surface area contributed by atoms with Gasteiger partial charge in [0.2, 0.25) is 5.91 Å². The molecular formula is C15H15IN2O2.